The molecule has 16 heavy (non-hydrogen) atoms. The van der Waals surface area contributed by atoms with Crippen LogP contribution in [0.25, 0.3) is 0 Å². The molecule has 1 aliphatic rings. The zero-order chi connectivity index (χ0) is 11.4. The van der Waals surface area contributed by atoms with Gasteiger partial charge in [-0.2, -0.15) is 0 Å². The topological polar surface area (TPSA) is 44.8 Å². The van der Waals surface area contributed by atoms with Gasteiger partial charge in [-0.25, -0.2) is 0 Å². The molecule has 0 aliphatic carbocycles. The molecule has 4 heteroatoms. The number of hydrogen-bond acceptors (Lipinski definition) is 4. The minimum absolute atomic E-state index is 0.00665. The Kier molecular flexibility index (Phi) is 3.10. The Hall–Kier alpha value is -1.97. The number of carbonyl (C=O) groups excluding carboxylic acids is 1. The molecule has 84 valence electrons. The van der Waals surface area contributed by atoms with Crippen molar-refractivity contribution in [3.8, 4) is 0 Å². The average molecular weight is 220 g/mol. The van der Waals surface area contributed by atoms with E-state index in [9.17, 15) is 4.79 Å². The van der Waals surface area contributed by atoms with Gasteiger partial charge in [-0.3, -0.25) is 4.79 Å². The van der Waals surface area contributed by atoms with Crippen molar-refractivity contribution in [1.29, 1.82) is 0 Å². The third kappa shape index (κ3) is 2.16. The number of ketones is 1. The third-order valence-corrected chi connectivity index (χ3v) is 2.18. The van der Waals surface area contributed by atoms with Gasteiger partial charge in [0.05, 0.1) is 7.11 Å². The zero-order valence-corrected chi connectivity index (χ0v) is 8.93. The van der Waals surface area contributed by atoms with E-state index in [0.717, 1.165) is 5.56 Å². The summed E-state index contributed by atoms with van der Waals surface area (Å²) in [7, 11) is 1.44. The molecule has 0 radical (unpaired) electrons. The van der Waals surface area contributed by atoms with E-state index < -0.39 is 0 Å². The molecule has 0 spiro atoms. The molecule has 0 unspecified atom stereocenters. The molecule has 1 aromatic rings. The molecule has 4 nitrogen and oxygen atoms in total. The summed E-state index contributed by atoms with van der Waals surface area (Å²) >= 11 is 0. The lowest BCUT2D eigenvalue weighted by atomic mass is 10.2. The standard InChI is InChI=1S/C12H12O4/c1-14-12-11(10(13)8-16-12)15-7-9-5-3-2-4-6-9/h2-6H,7-8H2,1H3. The highest BCUT2D eigenvalue weighted by molar-refractivity contribution is 5.96. The highest BCUT2D eigenvalue weighted by Crippen LogP contribution is 2.19. The Morgan fingerprint density at radius 3 is 2.75 bits per heavy atom. The quantitative estimate of drug-likeness (QED) is 0.773. The summed E-state index contributed by atoms with van der Waals surface area (Å²) in [6, 6.07) is 9.60. The van der Waals surface area contributed by atoms with Crippen LogP contribution in [-0.4, -0.2) is 19.5 Å². The maximum absolute atomic E-state index is 11.4. The Morgan fingerprint density at radius 2 is 2.06 bits per heavy atom. The number of Topliss-reactive ketones (excluding diaryl/α,β-unsaturated/α-hetero) is 1. The number of carbonyl (C=O) groups is 1. The average Bonchev–Trinajstić information content (AvgIpc) is 2.69. The molecule has 0 saturated heterocycles. The fourth-order valence-corrected chi connectivity index (χ4v) is 1.40. The summed E-state index contributed by atoms with van der Waals surface area (Å²) < 4.78 is 15.3. The van der Waals surface area contributed by atoms with Gasteiger partial charge in [-0.15, -0.1) is 0 Å². The lowest BCUT2D eigenvalue weighted by Crippen LogP contribution is -2.05. The van der Waals surface area contributed by atoms with Crippen LogP contribution in [-0.2, 0) is 25.6 Å². The minimum atomic E-state index is -0.187. The molecule has 0 atom stereocenters. The molecule has 1 aromatic carbocycles. The lowest BCUT2D eigenvalue weighted by Gasteiger charge is -2.06. The van der Waals surface area contributed by atoms with Crippen LogP contribution >= 0.6 is 0 Å². The van der Waals surface area contributed by atoms with E-state index in [1.54, 1.807) is 0 Å². The largest absolute Gasteiger partial charge is 0.479 e. The van der Waals surface area contributed by atoms with Crippen LogP contribution in [0.15, 0.2) is 42.0 Å². The summed E-state index contributed by atoms with van der Waals surface area (Å²) in [6.07, 6.45) is 0. The smallest absolute Gasteiger partial charge is 0.327 e. The van der Waals surface area contributed by atoms with Crippen molar-refractivity contribution in [3.63, 3.8) is 0 Å². The second kappa shape index (κ2) is 4.70. The second-order valence-corrected chi connectivity index (χ2v) is 3.31. The number of rotatable bonds is 4. The molecule has 0 fully saturated rings. The molecule has 0 bridgehead atoms. The first-order valence-corrected chi connectivity index (χ1v) is 4.92. The van der Waals surface area contributed by atoms with E-state index in [0.29, 0.717) is 6.61 Å². The van der Waals surface area contributed by atoms with E-state index in [4.69, 9.17) is 14.2 Å². The van der Waals surface area contributed by atoms with Gasteiger partial charge in [0.2, 0.25) is 11.5 Å². The molecular weight excluding hydrogens is 208 g/mol. The number of benzene rings is 1. The summed E-state index contributed by atoms with van der Waals surface area (Å²) in [5.41, 5.74) is 0.991. The van der Waals surface area contributed by atoms with Crippen molar-refractivity contribution >= 4 is 5.78 Å². The molecular formula is C12H12O4. The van der Waals surface area contributed by atoms with Crippen LogP contribution in [0.3, 0.4) is 0 Å². The van der Waals surface area contributed by atoms with Gasteiger partial charge in [0.25, 0.3) is 0 Å². The van der Waals surface area contributed by atoms with Crippen molar-refractivity contribution in [3.05, 3.63) is 47.6 Å². The van der Waals surface area contributed by atoms with Crippen LogP contribution in [0.2, 0.25) is 0 Å². The van der Waals surface area contributed by atoms with E-state index in [1.165, 1.54) is 7.11 Å². The number of ether oxygens (including phenoxy) is 3. The first kappa shape index (κ1) is 10.5. The maximum Gasteiger partial charge on any atom is 0.327 e. The SMILES string of the molecule is COC1=C(OCc2ccccc2)C(=O)CO1. The van der Waals surface area contributed by atoms with E-state index in [-0.39, 0.29) is 24.1 Å². The van der Waals surface area contributed by atoms with Crippen LogP contribution in [0, 0.1) is 0 Å². The fourth-order valence-electron chi connectivity index (χ4n) is 1.40. The highest BCUT2D eigenvalue weighted by Gasteiger charge is 2.27. The van der Waals surface area contributed by atoms with Crippen molar-refractivity contribution in [2.75, 3.05) is 13.7 Å². The monoisotopic (exact) mass is 220 g/mol. The number of methoxy groups -OCH3 is 1. The Morgan fingerprint density at radius 1 is 1.31 bits per heavy atom. The van der Waals surface area contributed by atoms with Crippen LogP contribution in [0.1, 0.15) is 5.56 Å². The molecule has 0 aromatic heterocycles. The summed E-state index contributed by atoms with van der Waals surface area (Å²) in [5, 5.41) is 0. The van der Waals surface area contributed by atoms with Gasteiger partial charge >= 0.3 is 5.95 Å². The molecule has 1 heterocycles. The van der Waals surface area contributed by atoms with Crippen molar-refractivity contribution < 1.29 is 19.0 Å². The normalized spacial score (nSPS) is 14.9. The van der Waals surface area contributed by atoms with Crippen molar-refractivity contribution in [2.24, 2.45) is 0 Å². The third-order valence-electron chi connectivity index (χ3n) is 2.18. The highest BCUT2D eigenvalue weighted by atomic mass is 16.7. The number of hydrogen-bond donors (Lipinski definition) is 0. The van der Waals surface area contributed by atoms with Crippen molar-refractivity contribution in [2.45, 2.75) is 6.61 Å². The predicted octanol–water partition coefficient (Wildman–Crippen LogP) is 1.62. The van der Waals surface area contributed by atoms with Gasteiger partial charge in [0.15, 0.2) is 6.61 Å². The molecule has 0 saturated carbocycles. The maximum atomic E-state index is 11.4. The summed E-state index contributed by atoms with van der Waals surface area (Å²) in [6.45, 7) is 0.325. The molecule has 0 amide bonds. The van der Waals surface area contributed by atoms with Gasteiger partial charge in [0.1, 0.15) is 6.61 Å². The van der Waals surface area contributed by atoms with Crippen LogP contribution in [0.5, 0.6) is 0 Å². The zero-order valence-electron chi connectivity index (χ0n) is 8.93. The van der Waals surface area contributed by atoms with Gasteiger partial charge < -0.3 is 14.2 Å². The predicted molar refractivity (Wildman–Crippen MR) is 56.2 cm³/mol. The van der Waals surface area contributed by atoms with E-state index in [2.05, 4.69) is 0 Å². The minimum Gasteiger partial charge on any atom is -0.479 e. The van der Waals surface area contributed by atoms with Crippen LogP contribution < -0.4 is 0 Å². The first-order valence-electron chi connectivity index (χ1n) is 4.92. The van der Waals surface area contributed by atoms with Gasteiger partial charge in [0, 0.05) is 0 Å². The summed E-state index contributed by atoms with van der Waals surface area (Å²) in [5.74, 6) is 0.153. The first-order chi connectivity index (χ1) is 7.81. The van der Waals surface area contributed by atoms with E-state index >= 15 is 0 Å². The molecule has 1 aliphatic heterocycles. The molecule has 2 rings (SSSR count). The Bertz CT molecular complexity index is 408. The van der Waals surface area contributed by atoms with Crippen LogP contribution in [0.4, 0.5) is 0 Å². The van der Waals surface area contributed by atoms with E-state index in [1.807, 2.05) is 30.3 Å². The lowest BCUT2D eigenvalue weighted by molar-refractivity contribution is -0.119. The second-order valence-electron chi connectivity index (χ2n) is 3.31. The fraction of sp³-hybridized carbons (Fsp3) is 0.250. The Balaban J connectivity index is 2.02. The summed E-state index contributed by atoms with van der Waals surface area (Å²) in [4.78, 5) is 11.4. The van der Waals surface area contributed by atoms with Crippen molar-refractivity contribution in [1.82, 2.24) is 0 Å². The van der Waals surface area contributed by atoms with Gasteiger partial charge in [-0.1, -0.05) is 30.3 Å². The Labute approximate surface area is 93.4 Å². The van der Waals surface area contributed by atoms with Gasteiger partial charge in [-0.05, 0) is 5.56 Å². The molecule has 0 N–H and O–H groups in total.